The second-order valence-corrected chi connectivity index (χ2v) is 3.13. The number of ether oxygens (including phenoxy) is 1. The van der Waals surface area contributed by atoms with Crippen LogP contribution in [0.1, 0.15) is 25.7 Å². The molecule has 3 N–H and O–H groups in total. The topological polar surface area (TPSA) is 81.4 Å². The van der Waals surface area contributed by atoms with Gasteiger partial charge in [0, 0.05) is 6.42 Å². The Hall–Kier alpha value is -1.17. The first-order valence-corrected chi connectivity index (χ1v) is 4.72. The Morgan fingerprint density at radius 1 is 1.43 bits per heavy atom. The summed E-state index contributed by atoms with van der Waals surface area (Å²) in [6.45, 7) is 0.819. The van der Waals surface area contributed by atoms with Gasteiger partial charge in [0.05, 0.1) is 6.61 Å². The number of unbranched alkanes of at least 4 members (excludes halogenated alkanes) is 2. The highest BCUT2D eigenvalue weighted by atomic mass is 32.1. The fraction of sp³-hybridized carbons (Fsp3) is 0.625. The van der Waals surface area contributed by atoms with Gasteiger partial charge in [-0.15, -0.1) is 0 Å². The molecule has 6 heteroatoms. The van der Waals surface area contributed by atoms with Crippen molar-refractivity contribution in [1.29, 1.82) is 0 Å². The van der Waals surface area contributed by atoms with Crippen LogP contribution in [0, 0.1) is 0 Å². The molecule has 0 aromatic carbocycles. The molecule has 1 amide bonds. The van der Waals surface area contributed by atoms with Gasteiger partial charge in [-0.1, -0.05) is 0 Å². The van der Waals surface area contributed by atoms with Crippen LogP contribution < -0.4 is 11.1 Å². The summed E-state index contributed by atoms with van der Waals surface area (Å²) >= 11 is 4.49. The number of amides is 1. The zero-order chi connectivity index (χ0) is 10.8. The van der Waals surface area contributed by atoms with Gasteiger partial charge in [-0.3, -0.25) is 9.59 Å². The monoisotopic (exact) mass is 218 g/mol. The summed E-state index contributed by atoms with van der Waals surface area (Å²) in [4.78, 5) is 20.7. The summed E-state index contributed by atoms with van der Waals surface area (Å²) in [5, 5.41) is 2.33. The predicted molar refractivity (Wildman–Crippen MR) is 55.4 cm³/mol. The van der Waals surface area contributed by atoms with Gasteiger partial charge in [-0.2, -0.15) is 0 Å². The minimum atomic E-state index is -0.172. The second kappa shape index (κ2) is 8.43. The third-order valence-corrected chi connectivity index (χ3v) is 1.60. The van der Waals surface area contributed by atoms with Gasteiger partial charge >= 0.3 is 0 Å². The third kappa shape index (κ3) is 8.92. The number of hydrogen-bond acceptors (Lipinski definition) is 4. The maximum absolute atomic E-state index is 11.0. The summed E-state index contributed by atoms with van der Waals surface area (Å²) in [5.74, 6) is -0.172. The average molecular weight is 218 g/mol. The number of carbonyl (C=O) groups excluding carboxylic acids is 2. The second-order valence-electron chi connectivity index (χ2n) is 2.69. The molecule has 0 bridgehead atoms. The molecular formula is C8H14N2O3S. The highest BCUT2D eigenvalue weighted by Gasteiger charge is 2.00. The van der Waals surface area contributed by atoms with E-state index in [1.54, 1.807) is 0 Å². The van der Waals surface area contributed by atoms with E-state index in [0.717, 1.165) is 19.3 Å². The van der Waals surface area contributed by atoms with Gasteiger partial charge in [0.1, 0.15) is 0 Å². The van der Waals surface area contributed by atoms with Gasteiger partial charge < -0.3 is 15.8 Å². The van der Waals surface area contributed by atoms with Gasteiger partial charge in [-0.25, -0.2) is 0 Å². The highest BCUT2D eigenvalue weighted by molar-refractivity contribution is 7.80. The quantitative estimate of drug-likeness (QED) is 0.359. The summed E-state index contributed by atoms with van der Waals surface area (Å²) < 4.78 is 4.48. The lowest BCUT2D eigenvalue weighted by Gasteiger charge is -2.02. The Balaban J connectivity index is 3.23. The van der Waals surface area contributed by atoms with Crippen molar-refractivity contribution >= 4 is 29.7 Å². The van der Waals surface area contributed by atoms with Crippen molar-refractivity contribution in [3.8, 4) is 0 Å². The third-order valence-electron chi connectivity index (χ3n) is 1.50. The lowest BCUT2D eigenvalue weighted by atomic mass is 10.2. The molecule has 0 fully saturated rings. The summed E-state index contributed by atoms with van der Waals surface area (Å²) in [5.41, 5.74) is 5.10. The fourth-order valence-electron chi connectivity index (χ4n) is 0.896. The molecule has 5 nitrogen and oxygen atoms in total. The Kier molecular flexibility index (Phi) is 7.72. The average Bonchev–Trinajstić information content (AvgIpc) is 2.10. The summed E-state index contributed by atoms with van der Waals surface area (Å²) in [7, 11) is 0. The normalized spacial score (nSPS) is 9.14. The van der Waals surface area contributed by atoms with Crippen LogP contribution in [-0.2, 0) is 14.3 Å². The van der Waals surface area contributed by atoms with Crippen molar-refractivity contribution in [2.45, 2.75) is 25.7 Å². The SMILES string of the molecule is NC(=S)NC(=O)CCCCCOC=O. The Morgan fingerprint density at radius 3 is 2.71 bits per heavy atom. The first-order chi connectivity index (χ1) is 6.66. The standard InChI is InChI=1S/C8H14N2O3S/c9-8(14)10-7(12)4-2-1-3-5-13-6-11/h6H,1-5H2,(H3,9,10,12,14). The zero-order valence-electron chi connectivity index (χ0n) is 7.82. The largest absolute Gasteiger partial charge is 0.468 e. The number of nitrogens with one attached hydrogen (secondary N) is 1. The van der Waals surface area contributed by atoms with Crippen molar-refractivity contribution in [2.24, 2.45) is 5.73 Å². The molecule has 0 aromatic heterocycles. The molecule has 0 aliphatic carbocycles. The van der Waals surface area contributed by atoms with Crippen molar-refractivity contribution in [2.75, 3.05) is 6.61 Å². The smallest absolute Gasteiger partial charge is 0.293 e. The van der Waals surface area contributed by atoms with Crippen molar-refractivity contribution in [3.63, 3.8) is 0 Å². The molecule has 0 rings (SSSR count). The van der Waals surface area contributed by atoms with E-state index in [1.165, 1.54) is 0 Å². The number of rotatable bonds is 7. The molecule has 0 aromatic rings. The molecule has 0 heterocycles. The van der Waals surface area contributed by atoms with Crippen molar-refractivity contribution in [1.82, 2.24) is 5.32 Å². The van der Waals surface area contributed by atoms with Crippen LogP contribution in [0.5, 0.6) is 0 Å². The maximum atomic E-state index is 11.0. The number of carbonyl (C=O) groups is 2. The van der Waals surface area contributed by atoms with Gasteiger partial charge in [0.15, 0.2) is 5.11 Å². The number of thiocarbonyl (C=S) groups is 1. The molecule has 0 saturated carbocycles. The van der Waals surface area contributed by atoms with Crippen LogP contribution >= 0.6 is 12.2 Å². The molecule has 0 atom stereocenters. The molecule has 0 spiro atoms. The zero-order valence-corrected chi connectivity index (χ0v) is 8.64. The van der Waals surface area contributed by atoms with Gasteiger partial charge in [0.25, 0.3) is 6.47 Å². The molecular weight excluding hydrogens is 204 g/mol. The summed E-state index contributed by atoms with van der Waals surface area (Å²) in [6, 6.07) is 0. The predicted octanol–water partition coefficient (Wildman–Crippen LogP) is 0.0796. The molecule has 14 heavy (non-hydrogen) atoms. The van der Waals surface area contributed by atoms with E-state index in [0.29, 0.717) is 19.5 Å². The summed E-state index contributed by atoms with van der Waals surface area (Å²) in [6.07, 6.45) is 2.72. The van der Waals surface area contributed by atoms with Crippen molar-refractivity contribution in [3.05, 3.63) is 0 Å². The van der Waals surface area contributed by atoms with Crippen LogP contribution in [0.4, 0.5) is 0 Å². The fourth-order valence-corrected chi connectivity index (χ4v) is 1.01. The van der Waals surface area contributed by atoms with E-state index < -0.39 is 0 Å². The number of hydrogen-bond donors (Lipinski definition) is 2. The van der Waals surface area contributed by atoms with Gasteiger partial charge in [-0.05, 0) is 31.5 Å². The van der Waals surface area contributed by atoms with Crippen LogP contribution in [0.3, 0.4) is 0 Å². The molecule has 80 valence electrons. The first kappa shape index (κ1) is 12.8. The Bertz CT molecular complexity index is 209. The van der Waals surface area contributed by atoms with Crippen LogP contribution in [0.15, 0.2) is 0 Å². The van der Waals surface area contributed by atoms with E-state index in [1.807, 2.05) is 0 Å². The van der Waals surface area contributed by atoms with E-state index in [9.17, 15) is 9.59 Å². The lowest BCUT2D eigenvalue weighted by Crippen LogP contribution is -2.34. The Morgan fingerprint density at radius 2 is 2.14 bits per heavy atom. The molecule has 0 aliphatic rings. The van der Waals surface area contributed by atoms with E-state index in [4.69, 9.17) is 5.73 Å². The minimum absolute atomic E-state index is 0.000659. The molecule has 0 aliphatic heterocycles. The highest BCUT2D eigenvalue weighted by Crippen LogP contribution is 1.99. The van der Waals surface area contributed by atoms with E-state index in [2.05, 4.69) is 22.3 Å². The minimum Gasteiger partial charge on any atom is -0.468 e. The Labute approximate surface area is 88.0 Å². The molecule has 0 saturated heterocycles. The number of nitrogens with two attached hydrogens (primary N) is 1. The lowest BCUT2D eigenvalue weighted by molar-refractivity contribution is -0.129. The van der Waals surface area contributed by atoms with Crippen LogP contribution in [-0.4, -0.2) is 24.1 Å². The van der Waals surface area contributed by atoms with Crippen molar-refractivity contribution < 1.29 is 14.3 Å². The van der Waals surface area contributed by atoms with Gasteiger partial charge in [0.2, 0.25) is 5.91 Å². The first-order valence-electron chi connectivity index (χ1n) is 4.31. The van der Waals surface area contributed by atoms with Crippen LogP contribution in [0.25, 0.3) is 0 Å². The van der Waals surface area contributed by atoms with Crippen LogP contribution in [0.2, 0.25) is 0 Å². The molecule has 0 unspecified atom stereocenters. The maximum Gasteiger partial charge on any atom is 0.293 e. The van der Waals surface area contributed by atoms with E-state index >= 15 is 0 Å². The van der Waals surface area contributed by atoms with E-state index in [-0.39, 0.29) is 11.0 Å². The molecule has 0 radical (unpaired) electrons.